The van der Waals surface area contributed by atoms with Crippen LogP contribution in [0.2, 0.25) is 0 Å². The molecule has 0 aromatic heterocycles. The zero-order valence-electron chi connectivity index (χ0n) is 6.12. The van der Waals surface area contributed by atoms with Crippen molar-refractivity contribution in [3.8, 4) is 0 Å². The van der Waals surface area contributed by atoms with Gasteiger partial charge in [0.05, 0.1) is 6.04 Å². The topological polar surface area (TPSA) is 49.9 Å². The quantitative estimate of drug-likeness (QED) is 0.613. The first kappa shape index (κ1) is 6.55. The number of rotatable bonds is 1. The van der Waals surface area contributed by atoms with Crippen LogP contribution in [0, 0.1) is 5.41 Å². The monoisotopic (exact) mass is 146 g/mol. The standard InChI is InChI=1S/C9H10N2/c10-8-7(9(8)11)6-4-2-1-3-5-6/h1-5,7-8,11H,10H2. The smallest absolute Gasteiger partial charge is 0.0553 e. The molecule has 2 atom stereocenters. The highest BCUT2D eigenvalue weighted by molar-refractivity contribution is 6.09. The Morgan fingerprint density at radius 3 is 2.18 bits per heavy atom. The number of nitrogens with two attached hydrogens (primary N) is 1. The van der Waals surface area contributed by atoms with Gasteiger partial charge in [-0.2, -0.15) is 0 Å². The van der Waals surface area contributed by atoms with Crippen LogP contribution in [-0.4, -0.2) is 11.8 Å². The molecule has 0 saturated heterocycles. The van der Waals surface area contributed by atoms with Crippen LogP contribution in [0.5, 0.6) is 0 Å². The Kier molecular flexibility index (Phi) is 1.29. The highest BCUT2D eigenvalue weighted by Crippen LogP contribution is 2.34. The van der Waals surface area contributed by atoms with E-state index in [-0.39, 0.29) is 12.0 Å². The minimum Gasteiger partial charge on any atom is -0.322 e. The summed E-state index contributed by atoms with van der Waals surface area (Å²) in [5.74, 6) is 0.205. The first-order chi connectivity index (χ1) is 5.30. The lowest BCUT2D eigenvalue weighted by Crippen LogP contribution is -2.02. The van der Waals surface area contributed by atoms with Gasteiger partial charge in [0.2, 0.25) is 0 Å². The molecule has 1 aromatic rings. The number of hydrogen-bond donors (Lipinski definition) is 2. The molecule has 0 radical (unpaired) electrons. The minimum absolute atomic E-state index is 0.0163. The van der Waals surface area contributed by atoms with E-state index in [2.05, 4.69) is 0 Å². The molecule has 1 aliphatic carbocycles. The normalized spacial score (nSPS) is 28.6. The van der Waals surface area contributed by atoms with Gasteiger partial charge in [-0.1, -0.05) is 30.3 Å². The Bertz CT molecular complexity index is 279. The van der Waals surface area contributed by atoms with E-state index < -0.39 is 0 Å². The van der Waals surface area contributed by atoms with Gasteiger partial charge >= 0.3 is 0 Å². The molecule has 0 heterocycles. The molecule has 1 fully saturated rings. The van der Waals surface area contributed by atoms with Crippen molar-refractivity contribution >= 4 is 5.71 Å². The van der Waals surface area contributed by atoms with Crippen molar-refractivity contribution < 1.29 is 0 Å². The number of benzene rings is 1. The summed E-state index contributed by atoms with van der Waals surface area (Å²) in [6.45, 7) is 0. The molecule has 0 spiro atoms. The van der Waals surface area contributed by atoms with E-state index >= 15 is 0 Å². The molecule has 56 valence electrons. The van der Waals surface area contributed by atoms with E-state index in [1.807, 2.05) is 30.3 Å². The van der Waals surface area contributed by atoms with E-state index in [4.69, 9.17) is 11.1 Å². The molecule has 0 aliphatic heterocycles. The van der Waals surface area contributed by atoms with E-state index in [0.29, 0.717) is 5.71 Å². The Morgan fingerprint density at radius 2 is 1.73 bits per heavy atom. The van der Waals surface area contributed by atoms with E-state index in [1.54, 1.807) is 0 Å². The molecule has 0 bridgehead atoms. The van der Waals surface area contributed by atoms with Gasteiger partial charge in [-0.15, -0.1) is 0 Å². The first-order valence-electron chi connectivity index (χ1n) is 3.69. The average molecular weight is 146 g/mol. The van der Waals surface area contributed by atoms with Crippen LogP contribution < -0.4 is 5.73 Å². The molecular weight excluding hydrogens is 136 g/mol. The molecule has 1 saturated carbocycles. The minimum atomic E-state index is -0.0163. The van der Waals surface area contributed by atoms with Crippen molar-refractivity contribution in [3.63, 3.8) is 0 Å². The molecule has 0 amide bonds. The highest BCUT2D eigenvalue weighted by atomic mass is 14.8. The summed E-state index contributed by atoms with van der Waals surface area (Å²) in [4.78, 5) is 0. The summed E-state index contributed by atoms with van der Waals surface area (Å²) in [5.41, 5.74) is 7.45. The molecule has 11 heavy (non-hydrogen) atoms. The van der Waals surface area contributed by atoms with Crippen LogP contribution in [0.4, 0.5) is 0 Å². The van der Waals surface area contributed by atoms with Crippen LogP contribution >= 0.6 is 0 Å². The number of hydrogen-bond acceptors (Lipinski definition) is 2. The lowest BCUT2D eigenvalue weighted by atomic mass is 10.1. The SMILES string of the molecule is N=C1C(N)C1c1ccccc1. The fourth-order valence-electron chi connectivity index (χ4n) is 1.33. The average Bonchev–Trinajstić information content (AvgIpc) is 2.62. The molecule has 1 aliphatic rings. The van der Waals surface area contributed by atoms with Crippen LogP contribution in [0.25, 0.3) is 0 Å². The molecule has 2 heteroatoms. The van der Waals surface area contributed by atoms with Crippen molar-refractivity contribution in [1.29, 1.82) is 5.41 Å². The van der Waals surface area contributed by atoms with Crippen LogP contribution in [0.1, 0.15) is 11.5 Å². The summed E-state index contributed by atoms with van der Waals surface area (Å²) in [5, 5.41) is 7.39. The van der Waals surface area contributed by atoms with Gasteiger partial charge in [-0.25, -0.2) is 0 Å². The third-order valence-corrected chi connectivity index (χ3v) is 2.10. The predicted molar refractivity (Wildman–Crippen MR) is 44.9 cm³/mol. The molecule has 1 aromatic carbocycles. The third-order valence-electron chi connectivity index (χ3n) is 2.10. The lowest BCUT2D eigenvalue weighted by Gasteiger charge is -1.93. The zero-order chi connectivity index (χ0) is 7.84. The highest BCUT2D eigenvalue weighted by Gasteiger charge is 2.42. The fraction of sp³-hybridized carbons (Fsp3) is 0.222. The summed E-state index contributed by atoms with van der Waals surface area (Å²) >= 11 is 0. The maximum absolute atomic E-state index is 7.39. The third kappa shape index (κ3) is 0.955. The van der Waals surface area contributed by atoms with Crippen molar-refractivity contribution in [2.75, 3.05) is 0 Å². The Hall–Kier alpha value is -1.15. The molecule has 3 N–H and O–H groups in total. The van der Waals surface area contributed by atoms with Gasteiger partial charge in [-0.05, 0) is 5.56 Å². The van der Waals surface area contributed by atoms with Crippen LogP contribution in [0.3, 0.4) is 0 Å². The summed E-state index contributed by atoms with van der Waals surface area (Å²) in [6, 6.07) is 9.96. The van der Waals surface area contributed by atoms with Crippen molar-refractivity contribution in [3.05, 3.63) is 35.9 Å². The van der Waals surface area contributed by atoms with Crippen molar-refractivity contribution in [2.24, 2.45) is 5.73 Å². The van der Waals surface area contributed by atoms with Crippen molar-refractivity contribution in [2.45, 2.75) is 12.0 Å². The Morgan fingerprint density at radius 1 is 1.18 bits per heavy atom. The molecule has 2 nitrogen and oxygen atoms in total. The number of nitrogens with one attached hydrogen (secondary N) is 1. The molecule has 2 unspecified atom stereocenters. The predicted octanol–water partition coefficient (Wildman–Crippen LogP) is 1.13. The summed E-state index contributed by atoms with van der Waals surface area (Å²) < 4.78 is 0. The second-order valence-corrected chi connectivity index (χ2v) is 2.87. The maximum Gasteiger partial charge on any atom is 0.0553 e. The van der Waals surface area contributed by atoms with E-state index in [0.717, 1.165) is 0 Å². The summed E-state index contributed by atoms with van der Waals surface area (Å²) in [6.07, 6.45) is 0. The van der Waals surface area contributed by atoms with Gasteiger partial charge in [-0.3, -0.25) is 0 Å². The van der Waals surface area contributed by atoms with Crippen molar-refractivity contribution in [1.82, 2.24) is 0 Å². The first-order valence-corrected chi connectivity index (χ1v) is 3.69. The second-order valence-electron chi connectivity index (χ2n) is 2.87. The summed E-state index contributed by atoms with van der Waals surface area (Å²) in [7, 11) is 0. The van der Waals surface area contributed by atoms with Gasteiger partial charge in [0.15, 0.2) is 0 Å². The van der Waals surface area contributed by atoms with E-state index in [1.165, 1.54) is 5.56 Å². The second kappa shape index (κ2) is 2.17. The lowest BCUT2D eigenvalue weighted by molar-refractivity contribution is 0.992. The van der Waals surface area contributed by atoms with Gasteiger partial charge in [0.25, 0.3) is 0 Å². The van der Waals surface area contributed by atoms with Crippen LogP contribution in [0.15, 0.2) is 30.3 Å². The molecule has 2 rings (SSSR count). The molecular formula is C9H10N2. The zero-order valence-corrected chi connectivity index (χ0v) is 6.12. The fourth-order valence-corrected chi connectivity index (χ4v) is 1.33. The van der Waals surface area contributed by atoms with Gasteiger partial charge in [0.1, 0.15) is 0 Å². The van der Waals surface area contributed by atoms with Crippen LogP contribution in [-0.2, 0) is 0 Å². The van der Waals surface area contributed by atoms with Gasteiger partial charge < -0.3 is 11.1 Å². The van der Waals surface area contributed by atoms with Gasteiger partial charge in [0, 0.05) is 11.6 Å². The largest absolute Gasteiger partial charge is 0.322 e. The van der Waals surface area contributed by atoms with E-state index in [9.17, 15) is 0 Å². The Labute approximate surface area is 65.5 Å². The maximum atomic E-state index is 7.39. The Balaban J connectivity index is 2.27.